The number of anilines is 1. The van der Waals surface area contributed by atoms with E-state index in [4.69, 9.17) is 16.6 Å². The number of nitrogens with zero attached hydrogens (tertiary/aromatic N) is 4. The second kappa shape index (κ2) is 9.39. The summed E-state index contributed by atoms with van der Waals surface area (Å²) in [5.74, 6) is 0.0601. The summed E-state index contributed by atoms with van der Waals surface area (Å²) < 4.78 is 2.95. The number of carbonyl (C=O) groups is 1. The van der Waals surface area contributed by atoms with Crippen molar-refractivity contribution in [2.24, 2.45) is 5.92 Å². The molecule has 0 bridgehead atoms. The van der Waals surface area contributed by atoms with Crippen molar-refractivity contribution in [1.82, 2.24) is 20.1 Å². The standard InChI is InChI=1S/C26H28ClN5OS/c1-16-6-8-19(9-7-16)17(2)28-25(33)20-5-4-14-31(15-20)26-29-24-23(34-26)18(3)30-32(24)22-12-10-21(27)11-13-22/h6-13,17,20H,4-5,14-15H2,1-3H3,(H,28,33)/t17-,20+/m0/s1. The first-order valence-electron chi connectivity index (χ1n) is 11.6. The number of benzene rings is 2. The molecule has 0 radical (unpaired) electrons. The van der Waals surface area contributed by atoms with E-state index in [9.17, 15) is 4.79 Å². The molecule has 1 aliphatic heterocycles. The van der Waals surface area contributed by atoms with Gasteiger partial charge in [-0.05, 0) is 63.4 Å². The van der Waals surface area contributed by atoms with E-state index < -0.39 is 0 Å². The van der Waals surface area contributed by atoms with Crippen LogP contribution in [0, 0.1) is 19.8 Å². The zero-order valence-electron chi connectivity index (χ0n) is 19.6. The largest absolute Gasteiger partial charge is 0.349 e. The minimum Gasteiger partial charge on any atom is -0.349 e. The molecule has 2 aromatic carbocycles. The molecule has 4 aromatic rings. The van der Waals surface area contributed by atoms with Crippen molar-refractivity contribution in [3.63, 3.8) is 0 Å². The smallest absolute Gasteiger partial charge is 0.225 e. The van der Waals surface area contributed by atoms with E-state index in [-0.39, 0.29) is 17.9 Å². The first-order valence-corrected chi connectivity index (χ1v) is 12.8. The van der Waals surface area contributed by atoms with Crippen LogP contribution in [0.1, 0.15) is 42.6 Å². The van der Waals surface area contributed by atoms with Gasteiger partial charge in [-0.1, -0.05) is 52.8 Å². The van der Waals surface area contributed by atoms with Crippen LogP contribution in [0.5, 0.6) is 0 Å². The van der Waals surface area contributed by atoms with E-state index >= 15 is 0 Å². The molecule has 1 amide bonds. The molecule has 2 aromatic heterocycles. The number of rotatable bonds is 5. The quantitative estimate of drug-likeness (QED) is 0.379. The number of nitrogens with one attached hydrogen (secondary N) is 1. The van der Waals surface area contributed by atoms with Gasteiger partial charge in [-0.15, -0.1) is 0 Å². The fourth-order valence-electron chi connectivity index (χ4n) is 4.46. The summed E-state index contributed by atoms with van der Waals surface area (Å²) in [4.78, 5) is 20.3. The molecule has 1 aliphatic rings. The van der Waals surface area contributed by atoms with Crippen LogP contribution in [0.4, 0.5) is 5.13 Å². The first kappa shape index (κ1) is 22.9. The van der Waals surface area contributed by atoms with Crippen LogP contribution in [0.25, 0.3) is 16.0 Å². The third-order valence-electron chi connectivity index (χ3n) is 6.45. The summed E-state index contributed by atoms with van der Waals surface area (Å²) in [6.45, 7) is 7.70. The van der Waals surface area contributed by atoms with Crippen molar-refractivity contribution < 1.29 is 4.79 Å². The third-order valence-corrected chi connectivity index (χ3v) is 7.91. The fraction of sp³-hybridized carbons (Fsp3) is 0.346. The minimum absolute atomic E-state index is 0.0149. The van der Waals surface area contributed by atoms with Gasteiger partial charge >= 0.3 is 0 Å². The summed E-state index contributed by atoms with van der Waals surface area (Å²) in [5, 5.41) is 9.54. The van der Waals surface area contributed by atoms with Crippen molar-refractivity contribution in [1.29, 1.82) is 0 Å². The number of aromatic nitrogens is 3. The molecule has 1 fully saturated rings. The number of carbonyl (C=O) groups excluding carboxylic acids is 1. The second-order valence-corrected chi connectivity index (χ2v) is 10.5. The number of amides is 1. The Bertz CT molecular complexity index is 1310. The van der Waals surface area contributed by atoms with Gasteiger partial charge in [0.1, 0.15) is 0 Å². The Hall–Kier alpha value is -2.90. The van der Waals surface area contributed by atoms with Crippen LogP contribution in [-0.4, -0.2) is 33.8 Å². The molecule has 3 heterocycles. The summed E-state index contributed by atoms with van der Waals surface area (Å²) in [5.41, 5.74) is 5.07. The maximum atomic E-state index is 13.1. The Morgan fingerprint density at radius 2 is 1.88 bits per heavy atom. The van der Waals surface area contributed by atoms with E-state index in [0.717, 1.165) is 51.8 Å². The van der Waals surface area contributed by atoms with Crippen LogP contribution in [0.2, 0.25) is 5.02 Å². The highest BCUT2D eigenvalue weighted by Gasteiger charge is 2.29. The van der Waals surface area contributed by atoms with Gasteiger partial charge in [0.2, 0.25) is 5.91 Å². The van der Waals surface area contributed by atoms with E-state index in [1.165, 1.54) is 5.56 Å². The Balaban J connectivity index is 1.32. The zero-order valence-corrected chi connectivity index (χ0v) is 21.2. The molecule has 34 heavy (non-hydrogen) atoms. The molecule has 1 N–H and O–H groups in total. The average molecular weight is 494 g/mol. The molecule has 0 spiro atoms. The maximum absolute atomic E-state index is 13.1. The summed E-state index contributed by atoms with van der Waals surface area (Å²) in [7, 11) is 0. The monoisotopic (exact) mass is 493 g/mol. The molecule has 2 atom stereocenters. The summed E-state index contributed by atoms with van der Waals surface area (Å²) in [6, 6.07) is 15.9. The fourth-order valence-corrected chi connectivity index (χ4v) is 5.60. The van der Waals surface area contributed by atoms with E-state index in [0.29, 0.717) is 11.6 Å². The number of halogens is 1. The molecular weight excluding hydrogens is 466 g/mol. The van der Waals surface area contributed by atoms with Crippen molar-refractivity contribution in [2.75, 3.05) is 18.0 Å². The lowest BCUT2D eigenvalue weighted by atomic mass is 9.96. The molecule has 0 saturated carbocycles. The van der Waals surface area contributed by atoms with Crippen LogP contribution in [-0.2, 0) is 4.79 Å². The predicted octanol–water partition coefficient (Wildman–Crippen LogP) is 5.85. The third kappa shape index (κ3) is 4.55. The van der Waals surface area contributed by atoms with E-state index in [1.54, 1.807) is 11.3 Å². The van der Waals surface area contributed by atoms with Crippen LogP contribution >= 0.6 is 22.9 Å². The average Bonchev–Trinajstić information content (AvgIpc) is 3.41. The highest BCUT2D eigenvalue weighted by atomic mass is 35.5. The number of hydrogen-bond acceptors (Lipinski definition) is 5. The topological polar surface area (TPSA) is 63.1 Å². The van der Waals surface area contributed by atoms with Gasteiger partial charge in [-0.3, -0.25) is 4.79 Å². The SMILES string of the molecule is Cc1ccc([C@H](C)NC(=O)[C@@H]2CCCN(c3nc4c(s3)c(C)nn4-c3ccc(Cl)cc3)C2)cc1. The van der Waals surface area contributed by atoms with E-state index in [1.807, 2.05) is 42.8 Å². The Morgan fingerprint density at radius 1 is 1.15 bits per heavy atom. The van der Waals surface area contributed by atoms with Crippen LogP contribution < -0.4 is 10.2 Å². The van der Waals surface area contributed by atoms with Gasteiger partial charge in [0, 0.05) is 18.1 Å². The number of thiazole rings is 1. The zero-order chi connectivity index (χ0) is 23.8. The number of aryl methyl sites for hydroxylation is 2. The molecule has 6 nitrogen and oxygen atoms in total. The lowest BCUT2D eigenvalue weighted by Gasteiger charge is -2.32. The minimum atomic E-state index is -0.0532. The van der Waals surface area contributed by atoms with Gasteiger partial charge in [-0.25, -0.2) is 4.68 Å². The Kier molecular flexibility index (Phi) is 6.32. The normalized spacial score (nSPS) is 17.2. The van der Waals surface area contributed by atoms with Crippen LogP contribution in [0.15, 0.2) is 48.5 Å². The molecule has 0 unspecified atom stereocenters. The van der Waals surface area contributed by atoms with Gasteiger partial charge in [0.25, 0.3) is 0 Å². The lowest BCUT2D eigenvalue weighted by molar-refractivity contribution is -0.125. The van der Waals surface area contributed by atoms with Crippen molar-refractivity contribution >= 4 is 44.3 Å². The van der Waals surface area contributed by atoms with Crippen molar-refractivity contribution in [3.05, 3.63) is 70.4 Å². The molecule has 8 heteroatoms. The number of piperidine rings is 1. The van der Waals surface area contributed by atoms with Gasteiger partial charge in [0.15, 0.2) is 10.8 Å². The summed E-state index contributed by atoms with van der Waals surface area (Å²) >= 11 is 7.71. The highest BCUT2D eigenvalue weighted by Crippen LogP contribution is 2.34. The molecular formula is C26H28ClN5OS. The number of fused-ring (bicyclic) bond motifs is 1. The maximum Gasteiger partial charge on any atom is 0.225 e. The Labute approximate surface area is 208 Å². The molecule has 1 saturated heterocycles. The molecule has 5 rings (SSSR count). The first-order chi connectivity index (χ1) is 16.4. The van der Waals surface area contributed by atoms with Crippen molar-refractivity contribution in [2.45, 2.75) is 39.7 Å². The number of hydrogen-bond donors (Lipinski definition) is 1. The molecule has 176 valence electrons. The van der Waals surface area contributed by atoms with Crippen molar-refractivity contribution in [3.8, 4) is 5.69 Å². The summed E-state index contributed by atoms with van der Waals surface area (Å²) in [6.07, 6.45) is 1.86. The van der Waals surface area contributed by atoms with Crippen LogP contribution in [0.3, 0.4) is 0 Å². The van der Waals surface area contributed by atoms with Gasteiger partial charge < -0.3 is 10.2 Å². The lowest BCUT2D eigenvalue weighted by Crippen LogP contribution is -2.43. The van der Waals surface area contributed by atoms with E-state index in [2.05, 4.69) is 46.5 Å². The predicted molar refractivity (Wildman–Crippen MR) is 139 cm³/mol. The van der Waals surface area contributed by atoms with Gasteiger partial charge in [0.05, 0.1) is 28.0 Å². The Morgan fingerprint density at radius 3 is 2.62 bits per heavy atom. The molecule has 0 aliphatic carbocycles. The second-order valence-electron chi connectivity index (χ2n) is 9.05. The van der Waals surface area contributed by atoms with Gasteiger partial charge in [-0.2, -0.15) is 10.1 Å². The highest BCUT2D eigenvalue weighted by molar-refractivity contribution is 7.22.